The molecule has 0 saturated heterocycles. The van der Waals surface area contributed by atoms with Crippen LogP contribution in [0.2, 0.25) is 0 Å². The fraction of sp³-hybridized carbons (Fsp3) is 0.353. The molecule has 0 atom stereocenters. The number of hydrogen-bond donors (Lipinski definition) is 2. The minimum Gasteiger partial charge on any atom is -0.491 e. The Morgan fingerprint density at radius 2 is 1.95 bits per heavy atom. The predicted octanol–water partition coefficient (Wildman–Crippen LogP) is 2.78. The van der Waals surface area contributed by atoms with Crippen LogP contribution in [0.1, 0.15) is 24.5 Å². The molecule has 4 heteroatoms. The number of nitrogens with one attached hydrogen (secondary N) is 1. The third kappa shape index (κ3) is 5.08. The molecule has 21 heavy (non-hydrogen) atoms. The summed E-state index contributed by atoms with van der Waals surface area (Å²) in [6, 6.07) is 10.1. The van der Waals surface area contributed by atoms with Gasteiger partial charge in [0.2, 0.25) is 0 Å². The van der Waals surface area contributed by atoms with Crippen LogP contribution in [0.4, 0.5) is 5.69 Å². The first-order chi connectivity index (χ1) is 10.3. The number of benzene rings is 1. The molecular weight excluding hydrogens is 262 g/mol. The number of nitrogen functional groups attached to an aromatic ring is 1. The molecule has 112 valence electrons. The average molecular weight is 285 g/mol. The quantitative estimate of drug-likeness (QED) is 0.578. The molecule has 0 aliphatic heterocycles. The molecule has 2 aromatic rings. The van der Waals surface area contributed by atoms with Crippen molar-refractivity contribution in [2.45, 2.75) is 26.3 Å². The van der Waals surface area contributed by atoms with E-state index in [9.17, 15) is 0 Å². The van der Waals surface area contributed by atoms with Crippen LogP contribution in [0.15, 0.2) is 42.7 Å². The maximum Gasteiger partial charge on any atom is 0.142 e. The van der Waals surface area contributed by atoms with Crippen molar-refractivity contribution in [3.05, 3.63) is 53.9 Å². The second kappa shape index (κ2) is 8.27. The molecule has 1 heterocycles. The van der Waals surface area contributed by atoms with Gasteiger partial charge in [0.1, 0.15) is 5.75 Å². The summed E-state index contributed by atoms with van der Waals surface area (Å²) in [7, 11) is 0. The first-order valence-electron chi connectivity index (χ1n) is 7.40. The summed E-state index contributed by atoms with van der Waals surface area (Å²) in [6.45, 7) is 4.56. The van der Waals surface area contributed by atoms with E-state index in [2.05, 4.69) is 23.3 Å². The van der Waals surface area contributed by atoms with Gasteiger partial charge in [0.25, 0.3) is 0 Å². The molecule has 1 aromatic carbocycles. The van der Waals surface area contributed by atoms with E-state index >= 15 is 0 Å². The summed E-state index contributed by atoms with van der Waals surface area (Å²) in [5.41, 5.74) is 9.19. The number of ether oxygens (including phenoxy) is 1. The summed E-state index contributed by atoms with van der Waals surface area (Å²) in [5, 5.41) is 3.42. The molecule has 1 aromatic heterocycles. The third-order valence-electron chi connectivity index (χ3n) is 3.20. The number of aromatic nitrogens is 1. The second-order valence-corrected chi connectivity index (χ2v) is 5.00. The van der Waals surface area contributed by atoms with Crippen molar-refractivity contribution >= 4 is 5.69 Å². The van der Waals surface area contributed by atoms with Crippen LogP contribution in [-0.4, -0.2) is 18.1 Å². The molecule has 3 N–H and O–H groups in total. The SMILES string of the molecule is CCCOc1ccc(CCNCc2ccncc2)cc1N. The Morgan fingerprint density at radius 1 is 1.14 bits per heavy atom. The second-order valence-electron chi connectivity index (χ2n) is 5.00. The Bertz CT molecular complexity index is 543. The third-order valence-corrected chi connectivity index (χ3v) is 3.20. The fourth-order valence-corrected chi connectivity index (χ4v) is 2.06. The van der Waals surface area contributed by atoms with Crippen molar-refractivity contribution in [3.63, 3.8) is 0 Å². The summed E-state index contributed by atoms with van der Waals surface area (Å²) in [5.74, 6) is 0.783. The van der Waals surface area contributed by atoms with Gasteiger partial charge in [-0.15, -0.1) is 0 Å². The summed E-state index contributed by atoms with van der Waals surface area (Å²) in [4.78, 5) is 4.01. The zero-order chi connectivity index (χ0) is 14.9. The summed E-state index contributed by atoms with van der Waals surface area (Å²) >= 11 is 0. The molecule has 0 amide bonds. The zero-order valence-electron chi connectivity index (χ0n) is 12.5. The van der Waals surface area contributed by atoms with Crippen LogP contribution in [0.25, 0.3) is 0 Å². The normalized spacial score (nSPS) is 10.5. The largest absolute Gasteiger partial charge is 0.491 e. The number of pyridine rings is 1. The van der Waals surface area contributed by atoms with Crippen molar-refractivity contribution in [1.82, 2.24) is 10.3 Å². The molecule has 0 aliphatic rings. The van der Waals surface area contributed by atoms with Crippen LogP contribution < -0.4 is 15.8 Å². The van der Waals surface area contributed by atoms with Crippen molar-refractivity contribution in [3.8, 4) is 5.75 Å². The molecule has 0 bridgehead atoms. The van der Waals surface area contributed by atoms with Crippen molar-refractivity contribution < 1.29 is 4.74 Å². The number of nitrogens with zero attached hydrogens (tertiary/aromatic N) is 1. The minimum atomic E-state index is 0.705. The highest BCUT2D eigenvalue weighted by Gasteiger charge is 2.02. The molecule has 4 nitrogen and oxygen atoms in total. The lowest BCUT2D eigenvalue weighted by atomic mass is 10.1. The van der Waals surface area contributed by atoms with E-state index in [4.69, 9.17) is 10.5 Å². The highest BCUT2D eigenvalue weighted by molar-refractivity contribution is 5.54. The lowest BCUT2D eigenvalue weighted by molar-refractivity contribution is 0.319. The Kier molecular flexibility index (Phi) is 6.03. The smallest absolute Gasteiger partial charge is 0.142 e. The highest BCUT2D eigenvalue weighted by atomic mass is 16.5. The first kappa shape index (κ1) is 15.3. The maximum absolute atomic E-state index is 6.01. The molecule has 0 saturated carbocycles. The van der Waals surface area contributed by atoms with E-state index in [0.717, 1.165) is 37.4 Å². The summed E-state index contributed by atoms with van der Waals surface area (Å²) < 4.78 is 5.58. The molecule has 0 aliphatic carbocycles. The van der Waals surface area contributed by atoms with Gasteiger partial charge in [0, 0.05) is 18.9 Å². The molecular formula is C17H23N3O. The van der Waals surface area contributed by atoms with Crippen LogP contribution in [0, 0.1) is 0 Å². The Balaban J connectivity index is 1.77. The van der Waals surface area contributed by atoms with Crippen molar-refractivity contribution in [2.24, 2.45) is 0 Å². The van der Waals surface area contributed by atoms with Gasteiger partial charge in [-0.25, -0.2) is 0 Å². The van der Waals surface area contributed by atoms with Gasteiger partial charge in [-0.1, -0.05) is 13.0 Å². The van der Waals surface area contributed by atoms with Gasteiger partial charge in [-0.3, -0.25) is 4.98 Å². The van der Waals surface area contributed by atoms with Gasteiger partial charge in [0.15, 0.2) is 0 Å². The lowest BCUT2D eigenvalue weighted by Crippen LogP contribution is -2.16. The van der Waals surface area contributed by atoms with Crippen LogP contribution in [0.5, 0.6) is 5.75 Å². The summed E-state index contributed by atoms with van der Waals surface area (Å²) in [6.07, 6.45) is 5.56. The van der Waals surface area contributed by atoms with E-state index in [1.807, 2.05) is 36.7 Å². The van der Waals surface area contributed by atoms with Crippen LogP contribution in [-0.2, 0) is 13.0 Å². The van der Waals surface area contributed by atoms with E-state index in [1.54, 1.807) is 0 Å². The van der Waals surface area contributed by atoms with E-state index in [1.165, 1.54) is 11.1 Å². The predicted molar refractivity (Wildman–Crippen MR) is 86.3 cm³/mol. The maximum atomic E-state index is 6.01. The Hall–Kier alpha value is -2.07. The topological polar surface area (TPSA) is 60.2 Å². The molecule has 0 fully saturated rings. The molecule has 2 rings (SSSR count). The molecule has 0 radical (unpaired) electrons. The Morgan fingerprint density at radius 3 is 2.67 bits per heavy atom. The van der Waals surface area contributed by atoms with E-state index in [-0.39, 0.29) is 0 Å². The van der Waals surface area contributed by atoms with Gasteiger partial charge in [-0.05, 0) is 54.8 Å². The standard InChI is InChI=1S/C17H23N3O/c1-2-11-21-17-4-3-14(12-16(17)18)5-10-20-13-15-6-8-19-9-7-15/h3-4,6-9,12,20H,2,5,10-11,13,18H2,1H3. The molecule has 0 unspecified atom stereocenters. The van der Waals surface area contributed by atoms with Crippen molar-refractivity contribution in [2.75, 3.05) is 18.9 Å². The van der Waals surface area contributed by atoms with Crippen molar-refractivity contribution in [1.29, 1.82) is 0 Å². The minimum absolute atomic E-state index is 0.705. The molecule has 0 spiro atoms. The number of nitrogens with two attached hydrogens (primary N) is 1. The van der Waals surface area contributed by atoms with Gasteiger partial charge < -0.3 is 15.8 Å². The van der Waals surface area contributed by atoms with Crippen LogP contribution >= 0.6 is 0 Å². The average Bonchev–Trinajstić information content (AvgIpc) is 2.52. The highest BCUT2D eigenvalue weighted by Crippen LogP contribution is 2.22. The van der Waals surface area contributed by atoms with Gasteiger partial charge in [0.05, 0.1) is 12.3 Å². The van der Waals surface area contributed by atoms with E-state index < -0.39 is 0 Å². The Labute approximate surface area is 126 Å². The fourth-order valence-electron chi connectivity index (χ4n) is 2.06. The number of rotatable bonds is 8. The zero-order valence-corrected chi connectivity index (χ0v) is 12.5. The lowest BCUT2D eigenvalue weighted by Gasteiger charge is -2.10. The first-order valence-corrected chi connectivity index (χ1v) is 7.40. The van der Waals surface area contributed by atoms with Crippen LogP contribution in [0.3, 0.4) is 0 Å². The number of anilines is 1. The van der Waals surface area contributed by atoms with Gasteiger partial charge in [-0.2, -0.15) is 0 Å². The van der Waals surface area contributed by atoms with Gasteiger partial charge >= 0.3 is 0 Å². The van der Waals surface area contributed by atoms with E-state index in [0.29, 0.717) is 6.61 Å². The number of hydrogen-bond acceptors (Lipinski definition) is 4. The monoisotopic (exact) mass is 285 g/mol.